The van der Waals surface area contributed by atoms with E-state index in [0.29, 0.717) is 19.1 Å². The quantitative estimate of drug-likeness (QED) is 0.829. The van der Waals surface area contributed by atoms with Crippen LogP contribution in [0, 0.1) is 11.7 Å². The fourth-order valence-electron chi connectivity index (χ4n) is 2.36. The van der Waals surface area contributed by atoms with E-state index in [1.807, 2.05) is 7.05 Å². The van der Waals surface area contributed by atoms with Gasteiger partial charge in [0, 0.05) is 12.6 Å². The van der Waals surface area contributed by atoms with Crippen molar-refractivity contribution < 1.29 is 9.18 Å². The van der Waals surface area contributed by atoms with Crippen molar-refractivity contribution in [2.24, 2.45) is 5.92 Å². The van der Waals surface area contributed by atoms with Gasteiger partial charge in [0.05, 0.1) is 6.54 Å². The van der Waals surface area contributed by atoms with Crippen molar-refractivity contribution in [1.82, 2.24) is 10.2 Å². The predicted molar refractivity (Wildman–Crippen MR) is 77.9 cm³/mol. The van der Waals surface area contributed by atoms with E-state index in [4.69, 9.17) is 0 Å². The minimum atomic E-state index is -0.228. The van der Waals surface area contributed by atoms with E-state index in [2.05, 4.69) is 17.1 Å². The zero-order valence-corrected chi connectivity index (χ0v) is 12.2. The number of nitrogens with one attached hydrogen (secondary N) is 1. The maximum Gasteiger partial charge on any atom is 0.234 e. The molecule has 1 aromatic carbocycles. The van der Waals surface area contributed by atoms with Gasteiger partial charge in [-0.1, -0.05) is 12.1 Å². The van der Waals surface area contributed by atoms with Crippen molar-refractivity contribution in [1.29, 1.82) is 0 Å². The third kappa shape index (κ3) is 4.60. The largest absolute Gasteiger partial charge is 0.355 e. The minimum Gasteiger partial charge on any atom is -0.355 e. The monoisotopic (exact) mass is 278 g/mol. The molecule has 20 heavy (non-hydrogen) atoms. The number of halogens is 1. The number of nitrogens with zero attached hydrogens (tertiary/aromatic N) is 1. The zero-order chi connectivity index (χ0) is 14.5. The molecule has 3 nitrogen and oxygen atoms in total. The molecule has 0 spiro atoms. The molecule has 1 aliphatic carbocycles. The highest BCUT2D eigenvalue weighted by Gasteiger charge is 2.30. The minimum absolute atomic E-state index is 0.0575. The average molecular weight is 278 g/mol. The molecule has 1 saturated carbocycles. The highest BCUT2D eigenvalue weighted by molar-refractivity contribution is 5.78. The molecule has 1 atom stereocenters. The van der Waals surface area contributed by atoms with Crippen molar-refractivity contribution in [3.63, 3.8) is 0 Å². The lowest BCUT2D eigenvalue weighted by molar-refractivity contribution is -0.122. The Balaban J connectivity index is 1.65. The summed E-state index contributed by atoms with van der Waals surface area (Å²) in [6.45, 7) is 3.22. The highest BCUT2D eigenvalue weighted by Crippen LogP contribution is 2.34. The molecule has 110 valence electrons. The lowest BCUT2D eigenvalue weighted by Crippen LogP contribution is -2.40. The summed E-state index contributed by atoms with van der Waals surface area (Å²) in [7, 11) is 2.00. The van der Waals surface area contributed by atoms with Crippen LogP contribution in [0.4, 0.5) is 4.39 Å². The van der Waals surface area contributed by atoms with E-state index < -0.39 is 0 Å². The van der Waals surface area contributed by atoms with E-state index in [-0.39, 0.29) is 11.7 Å². The van der Waals surface area contributed by atoms with Crippen molar-refractivity contribution >= 4 is 5.91 Å². The topological polar surface area (TPSA) is 32.3 Å². The van der Waals surface area contributed by atoms with Gasteiger partial charge >= 0.3 is 0 Å². The molecule has 0 aliphatic heterocycles. The van der Waals surface area contributed by atoms with Crippen LogP contribution in [-0.2, 0) is 11.2 Å². The second kappa shape index (κ2) is 6.84. The van der Waals surface area contributed by atoms with Gasteiger partial charge in [-0.25, -0.2) is 4.39 Å². The third-order valence-electron chi connectivity index (χ3n) is 4.04. The normalized spacial score (nSPS) is 16.2. The van der Waals surface area contributed by atoms with Gasteiger partial charge in [-0.15, -0.1) is 0 Å². The molecule has 4 heteroatoms. The molecule has 2 rings (SSSR count). The Morgan fingerprint density at radius 1 is 1.40 bits per heavy atom. The van der Waals surface area contributed by atoms with Crippen LogP contribution < -0.4 is 5.32 Å². The van der Waals surface area contributed by atoms with Gasteiger partial charge in [0.25, 0.3) is 0 Å². The average Bonchev–Trinajstić information content (AvgIpc) is 3.24. The molecule has 0 bridgehead atoms. The first kappa shape index (κ1) is 15.0. The summed E-state index contributed by atoms with van der Waals surface area (Å²) < 4.78 is 12.8. The van der Waals surface area contributed by atoms with E-state index in [9.17, 15) is 9.18 Å². The van der Waals surface area contributed by atoms with Gasteiger partial charge in [0.2, 0.25) is 5.91 Å². The number of benzene rings is 1. The number of hydrogen-bond donors (Lipinski definition) is 1. The number of likely N-dealkylation sites (N-methyl/N-ethyl adjacent to an activating group) is 1. The van der Waals surface area contributed by atoms with Crippen molar-refractivity contribution in [2.45, 2.75) is 32.2 Å². The molecule has 1 amide bonds. The van der Waals surface area contributed by atoms with Crippen LogP contribution in [0.15, 0.2) is 24.3 Å². The third-order valence-corrected chi connectivity index (χ3v) is 4.04. The molecule has 1 unspecified atom stereocenters. The second-order valence-electron chi connectivity index (χ2n) is 5.72. The number of carbonyl (C=O) groups is 1. The summed E-state index contributed by atoms with van der Waals surface area (Å²) in [5.74, 6) is 0.600. The van der Waals surface area contributed by atoms with Crippen LogP contribution in [0.25, 0.3) is 0 Å². The summed E-state index contributed by atoms with van der Waals surface area (Å²) >= 11 is 0. The highest BCUT2D eigenvalue weighted by atomic mass is 19.1. The Labute approximate surface area is 120 Å². The van der Waals surface area contributed by atoms with E-state index in [1.54, 1.807) is 12.1 Å². The van der Waals surface area contributed by atoms with Gasteiger partial charge < -0.3 is 5.32 Å². The standard InChI is InChI=1S/C16H23FN2O/c1-12(14-5-6-14)19(2)11-16(20)18-10-9-13-3-7-15(17)8-4-13/h3-4,7-8,12,14H,5-6,9-11H2,1-2H3,(H,18,20). The summed E-state index contributed by atoms with van der Waals surface area (Å²) in [4.78, 5) is 13.9. The van der Waals surface area contributed by atoms with Gasteiger partial charge in [0.1, 0.15) is 5.82 Å². The number of amides is 1. The smallest absolute Gasteiger partial charge is 0.234 e. The molecule has 0 saturated heterocycles. The molecule has 1 fully saturated rings. The maximum absolute atomic E-state index is 12.8. The molecular weight excluding hydrogens is 255 g/mol. The molecule has 0 heterocycles. The molecule has 1 aromatic rings. The maximum atomic E-state index is 12.8. The van der Waals surface area contributed by atoms with Crippen LogP contribution in [0.3, 0.4) is 0 Å². The first-order valence-corrected chi connectivity index (χ1v) is 7.27. The number of carbonyl (C=O) groups excluding carboxylic acids is 1. The SMILES string of the molecule is CC(C1CC1)N(C)CC(=O)NCCc1ccc(F)cc1. The van der Waals surface area contributed by atoms with Crippen LogP contribution in [0.5, 0.6) is 0 Å². The lowest BCUT2D eigenvalue weighted by Gasteiger charge is -2.23. The van der Waals surface area contributed by atoms with Crippen molar-refractivity contribution in [3.8, 4) is 0 Å². The van der Waals surface area contributed by atoms with Crippen LogP contribution in [0.2, 0.25) is 0 Å². The van der Waals surface area contributed by atoms with Gasteiger partial charge in [0.15, 0.2) is 0 Å². The Morgan fingerprint density at radius 2 is 2.05 bits per heavy atom. The van der Waals surface area contributed by atoms with E-state index >= 15 is 0 Å². The van der Waals surface area contributed by atoms with Crippen molar-refractivity contribution in [2.75, 3.05) is 20.1 Å². The molecule has 0 aromatic heterocycles. The van der Waals surface area contributed by atoms with Crippen LogP contribution in [-0.4, -0.2) is 37.0 Å². The summed E-state index contributed by atoms with van der Waals surface area (Å²) in [5.41, 5.74) is 1.03. The van der Waals surface area contributed by atoms with Gasteiger partial charge in [-0.05, 0) is 56.8 Å². The number of rotatable bonds is 7. The molecular formula is C16H23FN2O. The zero-order valence-electron chi connectivity index (χ0n) is 12.2. The Kier molecular flexibility index (Phi) is 5.12. The second-order valence-corrected chi connectivity index (χ2v) is 5.72. The Hall–Kier alpha value is -1.42. The Morgan fingerprint density at radius 3 is 2.65 bits per heavy atom. The molecule has 1 N–H and O–H groups in total. The van der Waals surface area contributed by atoms with Gasteiger partial charge in [-0.3, -0.25) is 9.69 Å². The fourth-order valence-corrected chi connectivity index (χ4v) is 2.36. The van der Waals surface area contributed by atoms with Crippen LogP contribution >= 0.6 is 0 Å². The molecule has 1 aliphatic rings. The van der Waals surface area contributed by atoms with Crippen LogP contribution in [0.1, 0.15) is 25.3 Å². The first-order valence-electron chi connectivity index (χ1n) is 7.27. The van der Waals surface area contributed by atoms with E-state index in [0.717, 1.165) is 17.9 Å². The summed E-state index contributed by atoms with van der Waals surface area (Å²) in [6.07, 6.45) is 3.31. The van der Waals surface area contributed by atoms with Crippen molar-refractivity contribution in [3.05, 3.63) is 35.6 Å². The summed E-state index contributed by atoms with van der Waals surface area (Å²) in [6, 6.07) is 6.88. The van der Waals surface area contributed by atoms with Gasteiger partial charge in [-0.2, -0.15) is 0 Å². The fraction of sp³-hybridized carbons (Fsp3) is 0.562. The summed E-state index contributed by atoms with van der Waals surface area (Å²) in [5, 5.41) is 2.92. The first-order chi connectivity index (χ1) is 9.56. The van der Waals surface area contributed by atoms with E-state index in [1.165, 1.54) is 25.0 Å². The predicted octanol–water partition coefficient (Wildman–Crippen LogP) is 2.21. The number of hydrogen-bond acceptors (Lipinski definition) is 2. The lowest BCUT2D eigenvalue weighted by atomic mass is 10.1. The molecule has 0 radical (unpaired) electrons. The Bertz CT molecular complexity index is 442.